The molecule has 0 spiro atoms. The lowest BCUT2D eigenvalue weighted by Crippen LogP contribution is -1.30. The minimum atomic E-state index is 1.42. The Morgan fingerprint density at radius 3 is 2.40 bits per heavy atom. The SMILES string of the molecule is N#CC=CI. The van der Waals surface area contributed by atoms with Crippen molar-refractivity contribution in [1.29, 1.82) is 5.26 Å². The van der Waals surface area contributed by atoms with Crippen LogP contribution in [0.4, 0.5) is 0 Å². The van der Waals surface area contributed by atoms with Gasteiger partial charge in [-0.2, -0.15) is 5.26 Å². The van der Waals surface area contributed by atoms with Crippen molar-refractivity contribution in [2.45, 2.75) is 0 Å². The topological polar surface area (TPSA) is 23.8 Å². The highest BCUT2D eigenvalue weighted by Crippen LogP contribution is 1.78. The molecule has 0 aromatic rings. The van der Waals surface area contributed by atoms with Crippen LogP contribution in [0.25, 0.3) is 0 Å². The average Bonchev–Trinajstić information content (AvgIpc) is 1.41. The molecule has 0 amide bonds. The van der Waals surface area contributed by atoms with E-state index in [1.165, 1.54) is 6.08 Å². The Balaban J connectivity index is 3.04. The van der Waals surface area contributed by atoms with Crippen LogP contribution < -0.4 is 0 Å². The van der Waals surface area contributed by atoms with Gasteiger partial charge < -0.3 is 0 Å². The molecular formula is C3H2IN. The summed E-state index contributed by atoms with van der Waals surface area (Å²) in [6.45, 7) is 0. The normalized spacial score (nSPS) is 8.00. The lowest BCUT2D eigenvalue weighted by atomic mass is 10.7. The second-order valence-corrected chi connectivity index (χ2v) is 1.14. The Morgan fingerprint density at radius 2 is 2.40 bits per heavy atom. The Labute approximate surface area is 44.4 Å². The van der Waals surface area contributed by atoms with E-state index >= 15 is 0 Å². The fourth-order valence-corrected chi connectivity index (χ4v) is 0.189. The minimum absolute atomic E-state index is 1.42. The van der Waals surface area contributed by atoms with Crippen LogP contribution in [0.3, 0.4) is 0 Å². The summed E-state index contributed by atoms with van der Waals surface area (Å²) in [4.78, 5) is 0. The maximum Gasteiger partial charge on any atom is 0.0916 e. The summed E-state index contributed by atoms with van der Waals surface area (Å²) < 4.78 is 1.66. The molecule has 0 radical (unpaired) electrons. The van der Waals surface area contributed by atoms with Crippen LogP contribution in [-0.2, 0) is 0 Å². The highest BCUT2D eigenvalue weighted by molar-refractivity contribution is 14.1. The smallest absolute Gasteiger partial charge is 0.0916 e. The quantitative estimate of drug-likeness (QED) is 0.407. The van der Waals surface area contributed by atoms with E-state index in [4.69, 9.17) is 5.26 Å². The Kier molecular flexibility index (Phi) is 3.93. The van der Waals surface area contributed by atoms with E-state index in [1.807, 2.05) is 28.7 Å². The molecule has 2 heteroatoms. The second-order valence-electron chi connectivity index (χ2n) is 0.422. The third-order valence-electron chi connectivity index (χ3n) is 0.138. The highest BCUT2D eigenvalue weighted by Gasteiger charge is 1.47. The zero-order chi connectivity index (χ0) is 4.12. The van der Waals surface area contributed by atoms with E-state index in [0.29, 0.717) is 0 Å². The van der Waals surface area contributed by atoms with Gasteiger partial charge in [0.2, 0.25) is 0 Å². The summed E-state index contributed by atoms with van der Waals surface area (Å²) in [7, 11) is 0. The molecule has 0 bridgehead atoms. The molecule has 0 aliphatic heterocycles. The van der Waals surface area contributed by atoms with Crippen molar-refractivity contribution in [3.63, 3.8) is 0 Å². The maximum atomic E-state index is 7.72. The molecule has 0 saturated heterocycles. The lowest BCUT2D eigenvalue weighted by Gasteiger charge is -1.45. The van der Waals surface area contributed by atoms with Crippen LogP contribution in [0.5, 0.6) is 0 Å². The summed E-state index contributed by atoms with van der Waals surface area (Å²) in [5, 5.41) is 7.72. The van der Waals surface area contributed by atoms with E-state index in [-0.39, 0.29) is 0 Å². The number of hydrogen-bond acceptors (Lipinski definition) is 1. The summed E-state index contributed by atoms with van der Waals surface area (Å²) in [6, 6.07) is 1.83. The van der Waals surface area contributed by atoms with Crippen molar-refractivity contribution in [3.8, 4) is 6.07 Å². The first-order chi connectivity index (χ1) is 2.41. The fraction of sp³-hybridized carbons (Fsp3) is 0. The molecule has 0 aliphatic carbocycles. The molecule has 0 saturated carbocycles. The van der Waals surface area contributed by atoms with Crippen LogP contribution in [0, 0.1) is 11.3 Å². The van der Waals surface area contributed by atoms with E-state index < -0.39 is 0 Å². The van der Waals surface area contributed by atoms with Crippen LogP contribution in [0.15, 0.2) is 10.2 Å². The highest BCUT2D eigenvalue weighted by atomic mass is 127. The third-order valence-corrected chi connectivity index (χ3v) is 0.497. The van der Waals surface area contributed by atoms with Gasteiger partial charge in [0.1, 0.15) is 0 Å². The van der Waals surface area contributed by atoms with Crippen molar-refractivity contribution in [2.75, 3.05) is 0 Å². The average molecular weight is 179 g/mol. The zero-order valence-electron chi connectivity index (χ0n) is 2.48. The summed E-state index contributed by atoms with van der Waals surface area (Å²) in [5.41, 5.74) is 0. The maximum absolute atomic E-state index is 7.72. The van der Waals surface area contributed by atoms with Gasteiger partial charge in [-0.15, -0.1) is 0 Å². The standard InChI is InChI=1S/C3H2IN/c4-2-1-3-5/h1-2H. The Hall–Kier alpha value is -0.0400. The van der Waals surface area contributed by atoms with Gasteiger partial charge in [0.15, 0.2) is 0 Å². The van der Waals surface area contributed by atoms with Crippen molar-refractivity contribution in [2.24, 2.45) is 0 Å². The van der Waals surface area contributed by atoms with E-state index in [0.717, 1.165) is 0 Å². The molecule has 26 valence electrons. The predicted molar refractivity (Wildman–Crippen MR) is 28.8 cm³/mol. The van der Waals surface area contributed by atoms with Crippen LogP contribution >= 0.6 is 22.6 Å². The number of allylic oxidation sites excluding steroid dienone is 1. The summed E-state index contributed by atoms with van der Waals surface area (Å²) in [5.74, 6) is 0. The fourth-order valence-electron chi connectivity index (χ4n) is 0.0282. The van der Waals surface area contributed by atoms with Gasteiger partial charge >= 0.3 is 0 Å². The number of nitriles is 1. The van der Waals surface area contributed by atoms with Crippen molar-refractivity contribution < 1.29 is 0 Å². The molecule has 0 heterocycles. The molecule has 0 N–H and O–H groups in total. The van der Waals surface area contributed by atoms with E-state index in [9.17, 15) is 0 Å². The van der Waals surface area contributed by atoms with Crippen molar-refractivity contribution in [3.05, 3.63) is 10.2 Å². The van der Waals surface area contributed by atoms with Crippen LogP contribution in [0.1, 0.15) is 0 Å². The first-order valence-electron chi connectivity index (χ1n) is 1.06. The van der Waals surface area contributed by atoms with Gasteiger partial charge in [-0.05, 0) is 4.08 Å². The van der Waals surface area contributed by atoms with Crippen LogP contribution in [-0.4, -0.2) is 0 Å². The van der Waals surface area contributed by atoms with Crippen molar-refractivity contribution >= 4 is 22.6 Å². The lowest BCUT2D eigenvalue weighted by molar-refractivity contribution is 1.54. The number of hydrogen-bond donors (Lipinski definition) is 0. The molecular weight excluding hydrogens is 177 g/mol. The molecule has 0 atom stereocenters. The molecule has 5 heavy (non-hydrogen) atoms. The molecule has 1 nitrogen and oxygen atoms in total. The number of halogens is 1. The van der Waals surface area contributed by atoms with Gasteiger partial charge in [0, 0.05) is 6.08 Å². The van der Waals surface area contributed by atoms with Gasteiger partial charge in [-0.3, -0.25) is 0 Å². The minimum Gasteiger partial charge on any atom is -0.193 e. The predicted octanol–water partition coefficient (Wildman–Crippen LogP) is 1.46. The molecule has 0 aromatic heterocycles. The first kappa shape index (κ1) is 4.96. The summed E-state index contributed by atoms with van der Waals surface area (Å²) >= 11 is 1.98. The van der Waals surface area contributed by atoms with Crippen LogP contribution in [0.2, 0.25) is 0 Å². The zero-order valence-corrected chi connectivity index (χ0v) is 4.64. The third kappa shape index (κ3) is 3.96. The first-order valence-corrected chi connectivity index (χ1v) is 2.31. The van der Waals surface area contributed by atoms with E-state index in [2.05, 4.69) is 0 Å². The van der Waals surface area contributed by atoms with Gasteiger partial charge in [0.05, 0.1) is 6.07 Å². The summed E-state index contributed by atoms with van der Waals surface area (Å²) in [6.07, 6.45) is 1.42. The van der Waals surface area contributed by atoms with Gasteiger partial charge in [-0.25, -0.2) is 0 Å². The van der Waals surface area contributed by atoms with Crippen molar-refractivity contribution in [1.82, 2.24) is 0 Å². The number of nitrogens with zero attached hydrogens (tertiary/aromatic N) is 1. The number of rotatable bonds is 0. The Bertz CT molecular complexity index is 69.5. The monoisotopic (exact) mass is 179 g/mol. The molecule has 0 fully saturated rings. The van der Waals surface area contributed by atoms with Gasteiger partial charge in [-0.1, -0.05) is 22.6 Å². The molecule has 0 aromatic carbocycles. The molecule has 0 unspecified atom stereocenters. The largest absolute Gasteiger partial charge is 0.193 e. The molecule has 0 rings (SSSR count). The van der Waals surface area contributed by atoms with Gasteiger partial charge in [0.25, 0.3) is 0 Å². The molecule has 0 aliphatic rings. The van der Waals surface area contributed by atoms with E-state index in [1.54, 1.807) is 4.08 Å². The second kappa shape index (κ2) is 3.96. The Morgan fingerprint density at radius 1 is 1.80 bits per heavy atom.